The van der Waals surface area contributed by atoms with Gasteiger partial charge in [-0.05, 0) is 23.6 Å². The van der Waals surface area contributed by atoms with Crippen molar-refractivity contribution in [1.29, 1.82) is 0 Å². The van der Waals surface area contributed by atoms with Gasteiger partial charge in [0.2, 0.25) is 0 Å². The predicted molar refractivity (Wildman–Crippen MR) is 55.2 cm³/mol. The summed E-state index contributed by atoms with van der Waals surface area (Å²) in [5, 5.41) is 0. The van der Waals surface area contributed by atoms with Crippen LogP contribution < -0.4 is 3.07 Å². The molecule has 0 unspecified atom stereocenters. The van der Waals surface area contributed by atoms with E-state index in [0.29, 0.717) is 5.92 Å². The molecule has 0 amide bonds. The molecule has 0 aliphatic heterocycles. The lowest BCUT2D eigenvalue weighted by atomic mass is 10.0. The molecule has 0 N–H and O–H groups in total. The smallest absolute Gasteiger partial charge is 0.192 e. The zero-order valence-electron chi connectivity index (χ0n) is 6.67. The van der Waals surface area contributed by atoms with Crippen LogP contribution in [0, 0.1) is 0 Å². The van der Waals surface area contributed by atoms with Crippen LogP contribution in [0.5, 0.6) is 5.75 Å². The molecule has 11 heavy (non-hydrogen) atoms. The molecule has 0 saturated heterocycles. The van der Waals surface area contributed by atoms with E-state index in [9.17, 15) is 0 Å². The van der Waals surface area contributed by atoms with Crippen molar-refractivity contribution in [3.63, 3.8) is 0 Å². The van der Waals surface area contributed by atoms with Crippen LogP contribution in [0.25, 0.3) is 0 Å². The molecule has 1 nitrogen and oxygen atoms in total. The van der Waals surface area contributed by atoms with Gasteiger partial charge in [0.05, 0.1) is 0 Å². The van der Waals surface area contributed by atoms with Crippen molar-refractivity contribution in [3.05, 3.63) is 29.8 Å². The third kappa shape index (κ3) is 2.36. The Kier molecular flexibility index (Phi) is 3.17. The Labute approximate surface area is 81.5 Å². The third-order valence-corrected chi connectivity index (χ3v) is 2.14. The average molecular weight is 262 g/mol. The normalized spacial score (nSPS) is 10.2. The summed E-state index contributed by atoms with van der Waals surface area (Å²) in [4.78, 5) is 0. The molecule has 0 aromatic heterocycles. The van der Waals surface area contributed by atoms with Gasteiger partial charge in [-0.2, -0.15) is 0 Å². The molecule has 0 aliphatic carbocycles. The van der Waals surface area contributed by atoms with Crippen molar-refractivity contribution in [1.82, 2.24) is 0 Å². The van der Waals surface area contributed by atoms with Crippen LogP contribution in [-0.2, 0) is 0 Å². The molecule has 0 saturated carbocycles. The largest absolute Gasteiger partial charge is 0.428 e. The molecular formula is C9H11IO. The van der Waals surface area contributed by atoms with E-state index in [0.717, 1.165) is 5.75 Å². The minimum atomic E-state index is 0.596. The van der Waals surface area contributed by atoms with Crippen molar-refractivity contribution in [2.75, 3.05) is 0 Å². The first-order valence-electron chi connectivity index (χ1n) is 3.62. The minimum absolute atomic E-state index is 0.596. The maximum absolute atomic E-state index is 5.02. The fraction of sp³-hybridized carbons (Fsp3) is 0.333. The second-order valence-corrected chi connectivity index (χ2v) is 3.24. The van der Waals surface area contributed by atoms with E-state index in [1.165, 1.54) is 5.56 Å². The maximum atomic E-state index is 5.02. The molecule has 60 valence electrons. The topological polar surface area (TPSA) is 9.23 Å². The van der Waals surface area contributed by atoms with Crippen LogP contribution in [0.4, 0.5) is 0 Å². The summed E-state index contributed by atoms with van der Waals surface area (Å²) in [6.07, 6.45) is 0. The highest BCUT2D eigenvalue weighted by Gasteiger charge is 1.97. The molecular weight excluding hydrogens is 251 g/mol. The second kappa shape index (κ2) is 3.95. The van der Waals surface area contributed by atoms with Gasteiger partial charge in [0.25, 0.3) is 0 Å². The van der Waals surface area contributed by atoms with E-state index in [-0.39, 0.29) is 0 Å². The lowest BCUT2D eigenvalue weighted by molar-refractivity contribution is 0.715. The van der Waals surface area contributed by atoms with E-state index in [1.54, 1.807) is 0 Å². The molecule has 0 radical (unpaired) electrons. The Morgan fingerprint density at radius 3 is 2.09 bits per heavy atom. The maximum Gasteiger partial charge on any atom is 0.192 e. The minimum Gasteiger partial charge on any atom is -0.428 e. The van der Waals surface area contributed by atoms with Gasteiger partial charge in [0.1, 0.15) is 5.75 Å². The summed E-state index contributed by atoms with van der Waals surface area (Å²) in [5.41, 5.74) is 1.35. The molecule has 0 aliphatic rings. The van der Waals surface area contributed by atoms with E-state index in [1.807, 2.05) is 35.1 Å². The van der Waals surface area contributed by atoms with Crippen LogP contribution in [0.3, 0.4) is 0 Å². The molecule has 1 aromatic rings. The first-order valence-corrected chi connectivity index (χ1v) is 4.50. The monoisotopic (exact) mass is 262 g/mol. The van der Waals surface area contributed by atoms with Crippen molar-refractivity contribution in [3.8, 4) is 5.75 Å². The number of hydrogen-bond donors (Lipinski definition) is 0. The zero-order valence-corrected chi connectivity index (χ0v) is 8.83. The molecule has 0 fully saturated rings. The molecule has 1 aromatic carbocycles. The number of benzene rings is 1. The highest BCUT2D eigenvalue weighted by Crippen LogP contribution is 2.19. The van der Waals surface area contributed by atoms with Gasteiger partial charge < -0.3 is 3.07 Å². The highest BCUT2D eigenvalue weighted by molar-refractivity contribution is 14.1. The fourth-order valence-corrected chi connectivity index (χ4v) is 1.20. The summed E-state index contributed by atoms with van der Waals surface area (Å²) < 4.78 is 5.02. The van der Waals surface area contributed by atoms with E-state index in [4.69, 9.17) is 3.07 Å². The zero-order chi connectivity index (χ0) is 8.27. The Hall–Kier alpha value is -0.250. The molecule has 0 heterocycles. The average Bonchev–Trinajstić information content (AvgIpc) is 2.05. The van der Waals surface area contributed by atoms with Crippen molar-refractivity contribution in [2.24, 2.45) is 0 Å². The predicted octanol–water partition coefficient (Wildman–Crippen LogP) is 3.54. The van der Waals surface area contributed by atoms with Gasteiger partial charge in [-0.25, -0.2) is 0 Å². The Morgan fingerprint density at radius 1 is 1.18 bits per heavy atom. The van der Waals surface area contributed by atoms with Crippen LogP contribution in [0.1, 0.15) is 25.3 Å². The molecule has 0 spiro atoms. The third-order valence-electron chi connectivity index (χ3n) is 1.64. The second-order valence-electron chi connectivity index (χ2n) is 2.80. The number of rotatable bonds is 2. The Morgan fingerprint density at radius 2 is 1.73 bits per heavy atom. The quantitative estimate of drug-likeness (QED) is 0.741. The van der Waals surface area contributed by atoms with Crippen LogP contribution in [0.15, 0.2) is 24.3 Å². The Bertz CT molecular complexity index is 216. The lowest BCUT2D eigenvalue weighted by Crippen LogP contribution is -1.85. The van der Waals surface area contributed by atoms with Crippen molar-refractivity contribution in [2.45, 2.75) is 19.8 Å². The van der Waals surface area contributed by atoms with Gasteiger partial charge in [-0.1, -0.05) is 26.0 Å². The van der Waals surface area contributed by atoms with Gasteiger partial charge in [-0.15, -0.1) is 0 Å². The van der Waals surface area contributed by atoms with E-state index in [2.05, 4.69) is 26.0 Å². The molecule has 2 heteroatoms. The highest BCUT2D eigenvalue weighted by atomic mass is 127. The van der Waals surface area contributed by atoms with Crippen LogP contribution in [-0.4, -0.2) is 0 Å². The molecule has 1 rings (SSSR count). The molecule has 0 bridgehead atoms. The molecule has 0 atom stereocenters. The van der Waals surface area contributed by atoms with Crippen molar-refractivity contribution < 1.29 is 3.07 Å². The van der Waals surface area contributed by atoms with E-state index < -0.39 is 0 Å². The first kappa shape index (κ1) is 8.84. The number of halogens is 1. The number of hydrogen-bond acceptors (Lipinski definition) is 1. The summed E-state index contributed by atoms with van der Waals surface area (Å²) >= 11 is 1.88. The summed E-state index contributed by atoms with van der Waals surface area (Å²) in [6.45, 7) is 4.36. The van der Waals surface area contributed by atoms with Crippen molar-refractivity contribution >= 4 is 23.0 Å². The summed E-state index contributed by atoms with van der Waals surface area (Å²) in [5.74, 6) is 1.51. The standard InChI is InChI=1S/C9H11IO/c1-7(2)8-3-5-9(11-10)6-4-8/h3-7H,1-2H3. The van der Waals surface area contributed by atoms with Crippen LogP contribution >= 0.6 is 23.0 Å². The first-order chi connectivity index (χ1) is 5.24. The Balaban J connectivity index is 2.83. The van der Waals surface area contributed by atoms with Gasteiger partial charge in [-0.3, -0.25) is 0 Å². The summed E-state index contributed by atoms with van der Waals surface area (Å²) in [6, 6.07) is 8.17. The SMILES string of the molecule is CC(C)c1ccc(OI)cc1. The fourth-order valence-electron chi connectivity index (χ4n) is 0.904. The van der Waals surface area contributed by atoms with Gasteiger partial charge in [0, 0.05) is 0 Å². The summed E-state index contributed by atoms with van der Waals surface area (Å²) in [7, 11) is 0. The van der Waals surface area contributed by atoms with E-state index >= 15 is 0 Å². The van der Waals surface area contributed by atoms with Gasteiger partial charge in [0.15, 0.2) is 23.0 Å². The van der Waals surface area contributed by atoms with Crippen LogP contribution in [0.2, 0.25) is 0 Å². The van der Waals surface area contributed by atoms with Gasteiger partial charge >= 0.3 is 0 Å². The lowest BCUT2D eigenvalue weighted by Gasteiger charge is -2.04.